The molecule has 1 aliphatic heterocycles. The van der Waals surface area contributed by atoms with Crippen molar-refractivity contribution in [1.29, 1.82) is 0 Å². The van der Waals surface area contributed by atoms with E-state index in [0.29, 0.717) is 6.42 Å². The van der Waals surface area contributed by atoms with E-state index < -0.39 is 9.84 Å². The Kier molecular flexibility index (Phi) is 5.94. The third-order valence-corrected chi connectivity index (χ3v) is 6.45. The zero-order chi connectivity index (χ0) is 13.8. The van der Waals surface area contributed by atoms with Gasteiger partial charge in [0.1, 0.15) is 0 Å². The number of aliphatic hydroxyl groups is 1. The van der Waals surface area contributed by atoms with E-state index in [9.17, 15) is 13.2 Å². The summed E-state index contributed by atoms with van der Waals surface area (Å²) < 4.78 is 22.5. The molecule has 0 spiro atoms. The fourth-order valence-corrected chi connectivity index (χ4v) is 5.14. The number of nitrogens with one attached hydrogen (secondary N) is 1. The van der Waals surface area contributed by atoms with Gasteiger partial charge in [0.05, 0.1) is 17.3 Å². The normalized spacial score (nSPS) is 25.6. The maximum absolute atomic E-state index is 11.6. The summed E-state index contributed by atoms with van der Waals surface area (Å²) in [6, 6.07) is -0.0737. The number of thioether (sulfide) groups is 1. The molecule has 0 aromatic heterocycles. The minimum absolute atomic E-state index is 0.0193. The summed E-state index contributed by atoms with van der Waals surface area (Å²) >= 11 is 1.40. The van der Waals surface area contributed by atoms with E-state index in [0.717, 1.165) is 0 Å². The molecule has 1 fully saturated rings. The van der Waals surface area contributed by atoms with Crippen LogP contribution in [0.15, 0.2) is 0 Å². The number of rotatable bonds is 6. The quantitative estimate of drug-likeness (QED) is 0.723. The first-order chi connectivity index (χ1) is 8.34. The molecule has 1 heterocycles. The first-order valence-electron chi connectivity index (χ1n) is 6.06. The second kappa shape index (κ2) is 6.77. The molecule has 1 rings (SSSR count). The predicted molar refractivity (Wildman–Crippen MR) is 73.4 cm³/mol. The van der Waals surface area contributed by atoms with Gasteiger partial charge in [-0.05, 0) is 19.3 Å². The summed E-state index contributed by atoms with van der Waals surface area (Å²) in [5.74, 6) is 0.628. The minimum atomic E-state index is -2.87. The first-order valence-corrected chi connectivity index (χ1v) is 8.93. The molecule has 3 unspecified atom stereocenters. The zero-order valence-electron chi connectivity index (χ0n) is 10.8. The summed E-state index contributed by atoms with van der Waals surface area (Å²) in [6.07, 6.45) is 0.642. The standard InChI is InChI=1S/C11H21NO4S2/c1-8(5-13)9(2)12-11(14)6-17-10-3-4-18(15,16)7-10/h8-10,13H,3-7H2,1-2H3,(H,12,14). The number of carbonyl (C=O) groups excluding carboxylic acids is 1. The highest BCUT2D eigenvalue weighted by molar-refractivity contribution is 8.02. The fraction of sp³-hybridized carbons (Fsp3) is 0.909. The monoisotopic (exact) mass is 295 g/mol. The Bertz CT molecular complexity index is 383. The molecule has 1 aliphatic rings. The molecule has 18 heavy (non-hydrogen) atoms. The fourth-order valence-electron chi connectivity index (χ4n) is 1.68. The van der Waals surface area contributed by atoms with Crippen molar-refractivity contribution in [2.24, 2.45) is 5.92 Å². The predicted octanol–water partition coefficient (Wildman–Crippen LogP) is 0.0398. The van der Waals surface area contributed by atoms with E-state index in [1.54, 1.807) is 0 Å². The number of amides is 1. The van der Waals surface area contributed by atoms with Gasteiger partial charge < -0.3 is 10.4 Å². The largest absolute Gasteiger partial charge is 0.396 e. The molecular weight excluding hydrogens is 274 g/mol. The Labute approximate surface area is 113 Å². The molecule has 3 atom stereocenters. The van der Waals surface area contributed by atoms with Crippen molar-refractivity contribution in [3.8, 4) is 0 Å². The molecule has 1 saturated heterocycles. The summed E-state index contributed by atoms with van der Waals surface area (Å²) in [4.78, 5) is 11.6. The molecule has 106 valence electrons. The van der Waals surface area contributed by atoms with Gasteiger partial charge in [0.25, 0.3) is 0 Å². The molecule has 2 N–H and O–H groups in total. The highest BCUT2D eigenvalue weighted by Crippen LogP contribution is 2.24. The molecule has 0 aromatic carbocycles. The van der Waals surface area contributed by atoms with Gasteiger partial charge in [-0.25, -0.2) is 8.42 Å². The summed E-state index contributed by atoms with van der Waals surface area (Å²) in [7, 11) is -2.87. The van der Waals surface area contributed by atoms with Gasteiger partial charge in [-0.3, -0.25) is 4.79 Å². The van der Waals surface area contributed by atoms with Crippen molar-refractivity contribution in [3.05, 3.63) is 0 Å². The van der Waals surface area contributed by atoms with E-state index in [2.05, 4.69) is 5.32 Å². The van der Waals surface area contributed by atoms with E-state index in [-0.39, 0.29) is 47.0 Å². The Hall–Kier alpha value is -0.270. The van der Waals surface area contributed by atoms with Crippen LogP contribution in [0.3, 0.4) is 0 Å². The molecule has 1 amide bonds. The van der Waals surface area contributed by atoms with Gasteiger partial charge in [0, 0.05) is 17.9 Å². The average Bonchev–Trinajstić information content (AvgIpc) is 2.65. The Balaban J connectivity index is 2.26. The number of hydrogen-bond acceptors (Lipinski definition) is 5. The summed E-state index contributed by atoms with van der Waals surface area (Å²) in [5.41, 5.74) is 0. The highest BCUT2D eigenvalue weighted by atomic mass is 32.2. The van der Waals surface area contributed by atoms with Crippen LogP contribution in [0.2, 0.25) is 0 Å². The molecule has 5 nitrogen and oxygen atoms in total. The topological polar surface area (TPSA) is 83.5 Å². The number of hydrogen-bond donors (Lipinski definition) is 2. The van der Waals surface area contributed by atoms with Crippen molar-refractivity contribution in [2.45, 2.75) is 31.6 Å². The van der Waals surface area contributed by atoms with Crippen molar-refractivity contribution < 1.29 is 18.3 Å². The van der Waals surface area contributed by atoms with Crippen LogP contribution in [0.5, 0.6) is 0 Å². The van der Waals surface area contributed by atoms with Gasteiger partial charge >= 0.3 is 0 Å². The first kappa shape index (κ1) is 15.8. The molecule has 0 radical (unpaired) electrons. The number of aliphatic hydroxyl groups excluding tert-OH is 1. The van der Waals surface area contributed by atoms with Crippen LogP contribution in [0.25, 0.3) is 0 Å². The van der Waals surface area contributed by atoms with Crippen molar-refractivity contribution in [3.63, 3.8) is 0 Å². The smallest absolute Gasteiger partial charge is 0.230 e. The molecule has 7 heteroatoms. The van der Waals surface area contributed by atoms with Crippen LogP contribution >= 0.6 is 11.8 Å². The van der Waals surface area contributed by atoms with Crippen molar-refractivity contribution in [2.75, 3.05) is 23.9 Å². The van der Waals surface area contributed by atoms with E-state index in [4.69, 9.17) is 5.11 Å². The average molecular weight is 295 g/mol. The van der Waals surface area contributed by atoms with Crippen LogP contribution < -0.4 is 5.32 Å². The van der Waals surface area contributed by atoms with Crippen molar-refractivity contribution in [1.82, 2.24) is 5.32 Å². The highest BCUT2D eigenvalue weighted by Gasteiger charge is 2.28. The lowest BCUT2D eigenvalue weighted by Crippen LogP contribution is -2.39. The Morgan fingerprint density at radius 3 is 2.67 bits per heavy atom. The minimum Gasteiger partial charge on any atom is -0.396 e. The van der Waals surface area contributed by atoms with Gasteiger partial charge in [-0.1, -0.05) is 6.92 Å². The summed E-state index contributed by atoms with van der Waals surface area (Å²) in [5, 5.41) is 11.8. The van der Waals surface area contributed by atoms with Crippen LogP contribution in [-0.4, -0.2) is 54.6 Å². The third-order valence-electron chi connectivity index (χ3n) is 3.17. The number of carbonyl (C=O) groups is 1. The lowest BCUT2D eigenvalue weighted by molar-refractivity contribution is -0.119. The molecule has 0 aromatic rings. The third kappa shape index (κ3) is 5.16. The zero-order valence-corrected chi connectivity index (χ0v) is 12.4. The van der Waals surface area contributed by atoms with E-state index >= 15 is 0 Å². The van der Waals surface area contributed by atoms with E-state index in [1.165, 1.54) is 11.8 Å². The van der Waals surface area contributed by atoms with Gasteiger partial charge in [-0.2, -0.15) is 0 Å². The number of sulfone groups is 1. The molecule has 0 aliphatic carbocycles. The maximum atomic E-state index is 11.6. The molecular formula is C11H21NO4S2. The van der Waals surface area contributed by atoms with Crippen LogP contribution in [-0.2, 0) is 14.6 Å². The van der Waals surface area contributed by atoms with Crippen LogP contribution in [0.4, 0.5) is 0 Å². The second-order valence-electron chi connectivity index (χ2n) is 4.85. The summed E-state index contributed by atoms with van der Waals surface area (Å²) in [6.45, 7) is 3.75. The SMILES string of the molecule is CC(CO)C(C)NC(=O)CSC1CCS(=O)(=O)C1. The maximum Gasteiger partial charge on any atom is 0.230 e. The van der Waals surface area contributed by atoms with Crippen LogP contribution in [0, 0.1) is 5.92 Å². The van der Waals surface area contributed by atoms with Crippen LogP contribution in [0.1, 0.15) is 20.3 Å². The molecule has 0 saturated carbocycles. The second-order valence-corrected chi connectivity index (χ2v) is 8.37. The lowest BCUT2D eigenvalue weighted by Gasteiger charge is -2.19. The van der Waals surface area contributed by atoms with E-state index in [1.807, 2.05) is 13.8 Å². The Morgan fingerprint density at radius 1 is 1.50 bits per heavy atom. The van der Waals surface area contributed by atoms with Gasteiger partial charge in [-0.15, -0.1) is 11.8 Å². The Morgan fingerprint density at radius 2 is 2.17 bits per heavy atom. The molecule has 0 bridgehead atoms. The van der Waals surface area contributed by atoms with Crippen molar-refractivity contribution >= 4 is 27.5 Å². The lowest BCUT2D eigenvalue weighted by atomic mass is 10.1. The van der Waals surface area contributed by atoms with Gasteiger partial charge in [0.15, 0.2) is 9.84 Å². The van der Waals surface area contributed by atoms with Gasteiger partial charge in [0.2, 0.25) is 5.91 Å².